The second-order valence-corrected chi connectivity index (χ2v) is 13.2. The van der Waals surface area contributed by atoms with E-state index in [2.05, 4.69) is 177 Å². The molecule has 6 heteroatoms. The summed E-state index contributed by atoms with van der Waals surface area (Å²) in [5, 5.41) is 6.73. The summed E-state index contributed by atoms with van der Waals surface area (Å²) in [6, 6.07) is 55.8. The first-order valence-electron chi connectivity index (χ1n) is 18.0. The second kappa shape index (κ2) is 13.3. The van der Waals surface area contributed by atoms with Crippen molar-refractivity contribution in [2.45, 2.75) is 0 Å². The van der Waals surface area contributed by atoms with Gasteiger partial charge in [-0.1, -0.05) is 97.1 Å². The van der Waals surface area contributed by atoms with Gasteiger partial charge in [-0.05, 0) is 71.4 Å². The quantitative estimate of drug-likeness (QED) is 0.148. The van der Waals surface area contributed by atoms with Crippen LogP contribution in [-0.2, 0) is 0 Å². The zero-order valence-corrected chi connectivity index (χ0v) is 29.2. The Labute approximate surface area is 312 Å². The first kappa shape index (κ1) is 31.3. The van der Waals surface area contributed by atoms with Gasteiger partial charge in [0.05, 0.1) is 35.2 Å². The average Bonchev–Trinajstić information content (AvgIpc) is 3.25. The van der Waals surface area contributed by atoms with Gasteiger partial charge >= 0.3 is 0 Å². The summed E-state index contributed by atoms with van der Waals surface area (Å²) in [7, 11) is 0. The summed E-state index contributed by atoms with van der Waals surface area (Å²) < 4.78 is 0. The van der Waals surface area contributed by atoms with E-state index in [1.54, 1.807) is 24.8 Å². The SMILES string of the molecule is c1ccc(N(c2ccccc2)c2cc(-c3cnccn3)c3ccc4c(N(c5ccccc5)c5ccccc5)cc(-c5cnccn5)c5ccc2c3c54)cc1. The molecule has 54 heavy (non-hydrogen) atoms. The summed E-state index contributed by atoms with van der Waals surface area (Å²) in [4.78, 5) is 23.4. The zero-order chi connectivity index (χ0) is 35.8. The van der Waals surface area contributed by atoms with Crippen molar-refractivity contribution in [3.63, 3.8) is 0 Å². The molecule has 0 bridgehead atoms. The van der Waals surface area contributed by atoms with Crippen molar-refractivity contribution in [1.29, 1.82) is 0 Å². The van der Waals surface area contributed by atoms with Gasteiger partial charge in [-0.2, -0.15) is 0 Å². The van der Waals surface area contributed by atoms with E-state index >= 15 is 0 Å². The average molecular weight is 693 g/mol. The van der Waals surface area contributed by atoms with Crippen LogP contribution in [0, 0.1) is 0 Å². The molecule has 10 rings (SSSR count). The summed E-state index contributed by atoms with van der Waals surface area (Å²) in [6.45, 7) is 0. The predicted molar refractivity (Wildman–Crippen MR) is 222 cm³/mol. The number of aromatic nitrogens is 4. The van der Waals surface area contributed by atoms with Crippen molar-refractivity contribution >= 4 is 66.4 Å². The minimum absolute atomic E-state index is 0.808. The van der Waals surface area contributed by atoms with Crippen molar-refractivity contribution in [2.75, 3.05) is 9.80 Å². The number of anilines is 6. The molecule has 0 radical (unpaired) electrons. The molecule has 2 heterocycles. The molecule has 0 amide bonds. The maximum Gasteiger partial charge on any atom is 0.0892 e. The zero-order valence-electron chi connectivity index (χ0n) is 29.2. The van der Waals surface area contributed by atoms with Crippen molar-refractivity contribution < 1.29 is 0 Å². The number of nitrogens with zero attached hydrogens (tertiary/aromatic N) is 6. The van der Waals surface area contributed by atoms with Crippen LogP contribution in [0.3, 0.4) is 0 Å². The fourth-order valence-corrected chi connectivity index (χ4v) is 7.79. The lowest BCUT2D eigenvalue weighted by Crippen LogP contribution is -2.12. The summed E-state index contributed by atoms with van der Waals surface area (Å²) in [5.74, 6) is 0. The van der Waals surface area contributed by atoms with E-state index in [0.29, 0.717) is 0 Å². The number of rotatable bonds is 8. The van der Waals surface area contributed by atoms with E-state index < -0.39 is 0 Å². The van der Waals surface area contributed by atoms with Gasteiger partial charge in [0.25, 0.3) is 0 Å². The van der Waals surface area contributed by atoms with Gasteiger partial charge in [0, 0.05) is 80.2 Å². The predicted octanol–water partition coefficient (Wildman–Crippen LogP) is 12.4. The highest BCUT2D eigenvalue weighted by molar-refractivity contribution is 6.32. The topological polar surface area (TPSA) is 58.0 Å². The minimum Gasteiger partial charge on any atom is -0.310 e. The van der Waals surface area contributed by atoms with Crippen LogP contribution in [0.4, 0.5) is 34.1 Å². The number of hydrogen-bond acceptors (Lipinski definition) is 6. The highest BCUT2D eigenvalue weighted by atomic mass is 15.1. The molecule has 2 aromatic heterocycles. The Hall–Kier alpha value is -7.44. The molecule has 0 saturated carbocycles. The fourth-order valence-electron chi connectivity index (χ4n) is 7.79. The molecule has 8 aromatic carbocycles. The van der Waals surface area contributed by atoms with Gasteiger partial charge < -0.3 is 9.80 Å². The normalized spacial score (nSPS) is 11.3. The molecular formula is C48H32N6. The third kappa shape index (κ3) is 5.28. The Morgan fingerprint density at radius 1 is 0.333 bits per heavy atom. The van der Waals surface area contributed by atoms with Crippen molar-refractivity contribution in [2.24, 2.45) is 0 Å². The van der Waals surface area contributed by atoms with Crippen LogP contribution in [0.25, 0.3) is 54.8 Å². The van der Waals surface area contributed by atoms with Crippen LogP contribution in [-0.4, -0.2) is 19.9 Å². The van der Waals surface area contributed by atoms with Crippen LogP contribution in [0.1, 0.15) is 0 Å². The molecule has 0 N–H and O–H groups in total. The molecule has 0 fully saturated rings. The molecule has 0 spiro atoms. The van der Waals surface area contributed by atoms with E-state index in [0.717, 1.165) is 89.0 Å². The maximum atomic E-state index is 4.86. The van der Waals surface area contributed by atoms with Crippen molar-refractivity contribution in [1.82, 2.24) is 19.9 Å². The third-order valence-corrected chi connectivity index (χ3v) is 10.1. The lowest BCUT2D eigenvalue weighted by atomic mass is 9.86. The van der Waals surface area contributed by atoms with Crippen molar-refractivity contribution in [3.8, 4) is 22.5 Å². The highest BCUT2D eigenvalue weighted by Gasteiger charge is 2.26. The molecule has 254 valence electrons. The largest absolute Gasteiger partial charge is 0.310 e. The van der Waals surface area contributed by atoms with E-state index in [1.807, 2.05) is 12.4 Å². The molecule has 0 aliphatic carbocycles. The van der Waals surface area contributed by atoms with Gasteiger partial charge in [-0.3, -0.25) is 19.9 Å². The smallest absolute Gasteiger partial charge is 0.0892 e. The Balaban J connectivity index is 1.39. The van der Waals surface area contributed by atoms with Gasteiger partial charge in [0.1, 0.15) is 0 Å². The van der Waals surface area contributed by atoms with Crippen LogP contribution < -0.4 is 9.80 Å². The Kier molecular flexibility index (Phi) is 7.69. The molecule has 10 aromatic rings. The minimum atomic E-state index is 0.808. The van der Waals surface area contributed by atoms with E-state index in [-0.39, 0.29) is 0 Å². The van der Waals surface area contributed by atoms with Gasteiger partial charge in [-0.25, -0.2) is 0 Å². The fraction of sp³-hybridized carbons (Fsp3) is 0. The highest BCUT2D eigenvalue weighted by Crippen LogP contribution is 2.51. The van der Waals surface area contributed by atoms with Crippen LogP contribution >= 0.6 is 0 Å². The number of para-hydroxylation sites is 4. The van der Waals surface area contributed by atoms with Crippen molar-refractivity contribution in [3.05, 3.63) is 195 Å². The van der Waals surface area contributed by atoms with Gasteiger partial charge in [-0.15, -0.1) is 0 Å². The molecule has 0 aliphatic rings. The summed E-state index contributed by atoms with van der Waals surface area (Å²) in [5.41, 5.74) is 9.96. The Morgan fingerprint density at radius 2 is 0.667 bits per heavy atom. The van der Waals surface area contributed by atoms with Crippen LogP contribution in [0.5, 0.6) is 0 Å². The monoisotopic (exact) mass is 692 g/mol. The van der Waals surface area contributed by atoms with Crippen LogP contribution in [0.2, 0.25) is 0 Å². The van der Waals surface area contributed by atoms with E-state index in [1.165, 1.54) is 0 Å². The lowest BCUT2D eigenvalue weighted by molar-refractivity contribution is 1.21. The Morgan fingerprint density at radius 3 is 0.981 bits per heavy atom. The second-order valence-electron chi connectivity index (χ2n) is 13.2. The molecule has 0 saturated heterocycles. The van der Waals surface area contributed by atoms with Crippen LogP contribution in [0.15, 0.2) is 195 Å². The van der Waals surface area contributed by atoms with E-state index in [9.17, 15) is 0 Å². The molecule has 0 aliphatic heterocycles. The standard InChI is InChI=1S/C48H32N6/c1-5-13-33(14-6-1)53(34-15-7-2-8-16-34)45-29-41(43-31-49-25-27-51-43)37-22-24-40-46(54(35-17-9-3-10-18-35)36-19-11-4-12-20-36)30-42(44-32-50-26-28-52-44)38-21-23-39(45)47(37)48(38)40/h1-32H. The van der Waals surface area contributed by atoms with Gasteiger partial charge in [0.15, 0.2) is 0 Å². The molecule has 0 unspecified atom stereocenters. The maximum absolute atomic E-state index is 4.86. The molecular weight excluding hydrogens is 661 g/mol. The molecule has 0 atom stereocenters. The summed E-state index contributed by atoms with van der Waals surface area (Å²) >= 11 is 0. The molecule has 6 nitrogen and oxygen atoms in total. The number of benzene rings is 8. The first-order valence-corrected chi connectivity index (χ1v) is 18.0. The lowest BCUT2D eigenvalue weighted by Gasteiger charge is -2.30. The van der Waals surface area contributed by atoms with Gasteiger partial charge in [0.2, 0.25) is 0 Å². The van der Waals surface area contributed by atoms with E-state index in [4.69, 9.17) is 9.97 Å². The third-order valence-electron chi connectivity index (χ3n) is 10.1. The first-order chi connectivity index (χ1) is 26.8. The number of hydrogen-bond donors (Lipinski definition) is 0. The summed E-state index contributed by atoms with van der Waals surface area (Å²) in [6.07, 6.45) is 10.7. The Bertz CT molecular complexity index is 2570.